The fourth-order valence-corrected chi connectivity index (χ4v) is 3.99. The summed E-state index contributed by atoms with van der Waals surface area (Å²) in [5.74, 6) is -0.555. The fraction of sp³-hybridized carbons (Fsp3) is 0.409. The van der Waals surface area contributed by atoms with Gasteiger partial charge in [0.2, 0.25) is 5.91 Å². The minimum atomic E-state index is -2.24. The van der Waals surface area contributed by atoms with Gasteiger partial charge in [0, 0.05) is 41.8 Å². The van der Waals surface area contributed by atoms with Gasteiger partial charge in [0.1, 0.15) is 5.82 Å². The maximum absolute atomic E-state index is 12.9. The number of nitrogens with zero attached hydrogens (tertiary/aromatic N) is 2. The highest BCUT2D eigenvalue weighted by Gasteiger charge is 2.29. The van der Waals surface area contributed by atoms with Crippen LogP contribution in [0.15, 0.2) is 46.9 Å². The minimum Gasteiger partial charge on any atom is -0.772 e. The highest BCUT2D eigenvalue weighted by molar-refractivity contribution is 9.10. The molecule has 170 valence electrons. The summed E-state index contributed by atoms with van der Waals surface area (Å²) >= 11 is 0.830. The molecule has 1 aliphatic rings. The first-order valence-corrected chi connectivity index (χ1v) is 11.9. The second-order valence-electron chi connectivity index (χ2n) is 8.27. The van der Waals surface area contributed by atoms with Gasteiger partial charge in [0.25, 0.3) is 0 Å². The van der Waals surface area contributed by atoms with Crippen molar-refractivity contribution >= 4 is 44.3 Å². The van der Waals surface area contributed by atoms with Crippen LogP contribution in [0.25, 0.3) is 0 Å². The van der Waals surface area contributed by atoms with Crippen LogP contribution in [0.5, 0.6) is 0 Å². The summed E-state index contributed by atoms with van der Waals surface area (Å²) in [6, 6.07) is 12.2. The zero-order chi connectivity index (χ0) is 23.2. The Morgan fingerprint density at radius 3 is 2.29 bits per heavy atom. The van der Waals surface area contributed by atoms with Crippen molar-refractivity contribution in [3.8, 4) is 0 Å². The molecule has 0 bridgehead atoms. The van der Waals surface area contributed by atoms with E-state index in [-0.39, 0.29) is 22.6 Å². The van der Waals surface area contributed by atoms with Crippen LogP contribution in [0.1, 0.15) is 26.3 Å². The molecule has 0 radical (unpaired) electrons. The maximum Gasteiger partial charge on any atom is 0.228 e. The molecule has 2 N–H and O–H groups in total. The van der Waals surface area contributed by atoms with Gasteiger partial charge in [-0.1, -0.05) is 66.0 Å². The number of benzene rings is 2. The van der Waals surface area contributed by atoms with Crippen molar-refractivity contribution in [2.24, 2.45) is 5.41 Å². The van der Waals surface area contributed by atoms with Crippen LogP contribution in [0.3, 0.4) is 0 Å². The van der Waals surface area contributed by atoms with Crippen LogP contribution >= 0.6 is 15.9 Å². The number of carbonyl (C=O) groups excluding carboxylic acids is 1. The van der Waals surface area contributed by atoms with Crippen molar-refractivity contribution in [2.75, 3.05) is 36.8 Å². The Kier molecular flexibility index (Phi) is 9.02. The smallest absolute Gasteiger partial charge is 0.228 e. The summed E-state index contributed by atoms with van der Waals surface area (Å²) in [5.41, 5.74) is 7.76. The molecule has 2 aromatic carbocycles. The molecule has 0 aliphatic carbocycles. The molecule has 1 amide bonds. The quantitative estimate of drug-likeness (QED) is 0.496. The van der Waals surface area contributed by atoms with Crippen molar-refractivity contribution in [1.29, 1.82) is 0 Å². The second kappa shape index (κ2) is 11.1. The Balaban J connectivity index is 0.000000245. The first-order valence-electron chi connectivity index (χ1n) is 9.87. The van der Waals surface area contributed by atoms with Crippen LogP contribution in [-0.2, 0) is 21.6 Å². The standard InChI is InChI=1S/C15H23N3O.C7H6BrFO2S/c1-15(2,3)14(19)18-10-8-17(9-11-18)13-7-5-4-6-12(13)16;8-6-2-1-5(4-12(10)11)7(9)3-6/h4-7H,8-11,16H2,1-3H3;1-3H,4H2,(H,10,11)/p-1. The molecule has 1 unspecified atom stereocenters. The van der Waals surface area contributed by atoms with E-state index in [1.54, 1.807) is 6.07 Å². The minimum absolute atomic E-state index is 0.187. The summed E-state index contributed by atoms with van der Waals surface area (Å²) in [6.07, 6.45) is 0. The van der Waals surface area contributed by atoms with Crippen molar-refractivity contribution in [3.05, 3.63) is 58.3 Å². The first-order chi connectivity index (χ1) is 14.5. The monoisotopic (exact) mass is 512 g/mol. The number of halogens is 2. The van der Waals surface area contributed by atoms with Crippen molar-refractivity contribution < 1.29 is 17.9 Å². The Bertz CT molecular complexity index is 928. The van der Waals surface area contributed by atoms with Crippen molar-refractivity contribution in [1.82, 2.24) is 4.90 Å². The van der Waals surface area contributed by atoms with Gasteiger partial charge in [0.05, 0.1) is 11.4 Å². The fourth-order valence-electron chi connectivity index (χ4n) is 3.17. The number of piperazine rings is 1. The lowest BCUT2D eigenvalue weighted by atomic mass is 9.94. The first kappa shape index (κ1) is 25.3. The Morgan fingerprint density at radius 1 is 1.16 bits per heavy atom. The summed E-state index contributed by atoms with van der Waals surface area (Å²) < 4.78 is 34.0. The number of carbonyl (C=O) groups is 1. The van der Waals surface area contributed by atoms with Gasteiger partial charge in [-0.2, -0.15) is 0 Å². The molecule has 3 rings (SSSR count). The SMILES string of the molecule is CC(C)(C)C(=O)N1CCN(c2ccccc2N)CC1.O=S([O-])Cc1ccc(Br)cc1F. The van der Waals surface area contributed by atoms with Crippen LogP contribution in [-0.4, -0.2) is 45.7 Å². The number of para-hydroxylation sites is 2. The van der Waals surface area contributed by atoms with E-state index < -0.39 is 16.9 Å². The Morgan fingerprint density at radius 2 is 1.77 bits per heavy atom. The third-order valence-electron chi connectivity index (χ3n) is 4.77. The number of amides is 1. The average molecular weight is 513 g/mol. The molecule has 9 heteroatoms. The third kappa shape index (κ3) is 7.59. The predicted octanol–water partition coefficient (Wildman–Crippen LogP) is 3.93. The number of hydrogen-bond donors (Lipinski definition) is 1. The maximum atomic E-state index is 12.9. The lowest BCUT2D eigenvalue weighted by Gasteiger charge is -2.39. The van der Waals surface area contributed by atoms with Gasteiger partial charge >= 0.3 is 0 Å². The average Bonchev–Trinajstić information content (AvgIpc) is 2.70. The van der Waals surface area contributed by atoms with Crippen LogP contribution in [0, 0.1) is 11.2 Å². The molecule has 0 spiro atoms. The summed E-state index contributed by atoms with van der Waals surface area (Å²) in [7, 11) is 0. The predicted molar refractivity (Wildman–Crippen MR) is 126 cm³/mol. The van der Waals surface area contributed by atoms with Gasteiger partial charge in [0.15, 0.2) is 0 Å². The Labute approximate surface area is 194 Å². The highest BCUT2D eigenvalue weighted by atomic mass is 79.9. The van der Waals surface area contributed by atoms with Gasteiger partial charge in [-0.05, 0) is 29.8 Å². The van der Waals surface area contributed by atoms with E-state index in [0.29, 0.717) is 4.47 Å². The van der Waals surface area contributed by atoms with Crippen LogP contribution < -0.4 is 10.6 Å². The molecule has 0 saturated carbocycles. The van der Waals surface area contributed by atoms with E-state index in [1.165, 1.54) is 12.1 Å². The molecule has 2 aromatic rings. The molecule has 6 nitrogen and oxygen atoms in total. The molecule has 31 heavy (non-hydrogen) atoms. The topological polar surface area (TPSA) is 89.7 Å². The van der Waals surface area contributed by atoms with E-state index in [4.69, 9.17) is 5.73 Å². The highest BCUT2D eigenvalue weighted by Crippen LogP contribution is 2.25. The molecule has 1 saturated heterocycles. The molecular formula is C22H28BrFN3O3S-. The normalized spacial score (nSPS) is 15.2. The summed E-state index contributed by atoms with van der Waals surface area (Å²) in [5, 5.41) is 0. The number of anilines is 2. The van der Waals surface area contributed by atoms with Crippen molar-refractivity contribution in [2.45, 2.75) is 26.5 Å². The summed E-state index contributed by atoms with van der Waals surface area (Å²) in [4.78, 5) is 16.4. The molecule has 1 atom stereocenters. The van der Waals surface area contributed by atoms with Crippen LogP contribution in [0.4, 0.5) is 15.8 Å². The number of rotatable bonds is 3. The Hall–Kier alpha value is -1.97. The van der Waals surface area contributed by atoms with Gasteiger partial charge < -0.3 is 20.1 Å². The van der Waals surface area contributed by atoms with Crippen molar-refractivity contribution in [3.63, 3.8) is 0 Å². The molecular weight excluding hydrogens is 485 g/mol. The largest absolute Gasteiger partial charge is 0.772 e. The van der Waals surface area contributed by atoms with Gasteiger partial charge in [-0.15, -0.1) is 0 Å². The lowest BCUT2D eigenvalue weighted by molar-refractivity contribution is -0.139. The molecule has 1 aliphatic heterocycles. The molecule has 0 aromatic heterocycles. The van der Waals surface area contributed by atoms with Gasteiger partial charge in [-0.3, -0.25) is 9.00 Å². The zero-order valence-corrected chi connectivity index (χ0v) is 20.3. The number of nitrogen functional groups attached to an aromatic ring is 1. The lowest BCUT2D eigenvalue weighted by Crippen LogP contribution is -2.51. The number of hydrogen-bond acceptors (Lipinski definition) is 5. The molecule has 1 heterocycles. The summed E-state index contributed by atoms with van der Waals surface area (Å²) in [6.45, 7) is 9.13. The van der Waals surface area contributed by atoms with Crippen LogP contribution in [0.2, 0.25) is 0 Å². The van der Waals surface area contributed by atoms with E-state index in [0.717, 1.165) is 37.6 Å². The zero-order valence-electron chi connectivity index (χ0n) is 17.9. The number of nitrogens with two attached hydrogens (primary N) is 1. The second-order valence-corrected chi connectivity index (χ2v) is 10.1. The molecule has 1 fully saturated rings. The van der Waals surface area contributed by atoms with E-state index in [2.05, 4.69) is 20.8 Å². The van der Waals surface area contributed by atoms with E-state index >= 15 is 0 Å². The van der Waals surface area contributed by atoms with Gasteiger partial charge in [-0.25, -0.2) is 4.39 Å². The van der Waals surface area contributed by atoms with E-state index in [1.807, 2.05) is 49.9 Å². The van der Waals surface area contributed by atoms with E-state index in [9.17, 15) is 17.9 Å². The third-order valence-corrected chi connectivity index (χ3v) is 5.81.